The Morgan fingerprint density at radius 1 is 1.44 bits per heavy atom. The monoisotopic (exact) mass is 235 g/mol. The van der Waals surface area contributed by atoms with E-state index in [9.17, 15) is 0 Å². The number of hydrogen-bond donors (Lipinski definition) is 1. The minimum atomic E-state index is 0.384. The van der Waals surface area contributed by atoms with E-state index in [0.29, 0.717) is 11.8 Å². The SMILES string of the molecule is c1csc(-c2nnc(C3CCCNC3)o2)c1. The van der Waals surface area contributed by atoms with E-state index < -0.39 is 0 Å². The Kier molecular flexibility index (Phi) is 2.71. The highest BCUT2D eigenvalue weighted by Crippen LogP contribution is 2.27. The highest BCUT2D eigenvalue weighted by molar-refractivity contribution is 7.13. The van der Waals surface area contributed by atoms with E-state index in [4.69, 9.17) is 4.42 Å². The van der Waals surface area contributed by atoms with E-state index in [1.165, 1.54) is 6.42 Å². The van der Waals surface area contributed by atoms with Crippen LogP contribution < -0.4 is 5.32 Å². The number of piperidine rings is 1. The first kappa shape index (κ1) is 9.99. The molecule has 1 aliphatic rings. The van der Waals surface area contributed by atoms with Crippen LogP contribution in [0.1, 0.15) is 24.7 Å². The molecular weight excluding hydrogens is 222 g/mol. The first-order chi connectivity index (χ1) is 7.93. The maximum absolute atomic E-state index is 5.72. The molecule has 0 amide bonds. The Hall–Kier alpha value is -1.20. The van der Waals surface area contributed by atoms with E-state index in [1.54, 1.807) is 11.3 Å². The number of thiophene rings is 1. The summed E-state index contributed by atoms with van der Waals surface area (Å²) in [7, 11) is 0. The number of nitrogens with one attached hydrogen (secondary N) is 1. The third-order valence-electron chi connectivity index (χ3n) is 2.82. The molecule has 1 atom stereocenters. The van der Waals surface area contributed by atoms with Crippen molar-refractivity contribution in [2.75, 3.05) is 13.1 Å². The molecule has 3 heterocycles. The summed E-state index contributed by atoms with van der Waals surface area (Å²) in [5, 5.41) is 13.6. The van der Waals surface area contributed by atoms with Crippen molar-refractivity contribution in [3.63, 3.8) is 0 Å². The third kappa shape index (κ3) is 1.88. The maximum atomic E-state index is 5.72. The molecule has 0 aromatic carbocycles. The quantitative estimate of drug-likeness (QED) is 0.867. The lowest BCUT2D eigenvalue weighted by molar-refractivity contribution is 0.381. The van der Waals surface area contributed by atoms with Crippen LogP contribution in [-0.4, -0.2) is 23.3 Å². The average molecular weight is 235 g/mol. The molecule has 1 saturated heterocycles. The molecule has 1 unspecified atom stereocenters. The molecule has 0 saturated carbocycles. The molecule has 0 bridgehead atoms. The molecule has 3 rings (SSSR count). The number of nitrogens with zero attached hydrogens (tertiary/aromatic N) is 2. The van der Waals surface area contributed by atoms with Gasteiger partial charge in [0.15, 0.2) is 0 Å². The Morgan fingerprint density at radius 3 is 3.19 bits per heavy atom. The van der Waals surface area contributed by atoms with Crippen LogP contribution in [0, 0.1) is 0 Å². The van der Waals surface area contributed by atoms with Crippen LogP contribution in [0.15, 0.2) is 21.9 Å². The summed E-state index contributed by atoms with van der Waals surface area (Å²) in [6.07, 6.45) is 2.32. The Morgan fingerprint density at radius 2 is 2.44 bits per heavy atom. The molecule has 1 aliphatic heterocycles. The lowest BCUT2D eigenvalue weighted by Gasteiger charge is -2.18. The lowest BCUT2D eigenvalue weighted by Crippen LogP contribution is -2.28. The van der Waals surface area contributed by atoms with Gasteiger partial charge in [-0.25, -0.2) is 0 Å². The van der Waals surface area contributed by atoms with Crippen molar-refractivity contribution >= 4 is 11.3 Å². The van der Waals surface area contributed by atoms with Crippen LogP contribution in [0.4, 0.5) is 0 Å². The van der Waals surface area contributed by atoms with Gasteiger partial charge in [-0.05, 0) is 30.8 Å². The predicted molar refractivity (Wildman–Crippen MR) is 62.5 cm³/mol. The molecule has 2 aromatic rings. The molecular formula is C11H13N3OS. The zero-order valence-electron chi connectivity index (χ0n) is 8.85. The number of hydrogen-bond acceptors (Lipinski definition) is 5. The fraction of sp³-hybridized carbons (Fsp3) is 0.455. The van der Waals surface area contributed by atoms with Gasteiger partial charge in [-0.15, -0.1) is 21.5 Å². The molecule has 5 heteroatoms. The Balaban J connectivity index is 1.82. The average Bonchev–Trinajstić information content (AvgIpc) is 3.01. The van der Waals surface area contributed by atoms with Crippen LogP contribution in [-0.2, 0) is 0 Å². The van der Waals surface area contributed by atoms with E-state index >= 15 is 0 Å². The van der Waals surface area contributed by atoms with Crippen molar-refractivity contribution < 1.29 is 4.42 Å². The number of rotatable bonds is 2. The zero-order valence-corrected chi connectivity index (χ0v) is 9.67. The maximum Gasteiger partial charge on any atom is 0.257 e. The van der Waals surface area contributed by atoms with Crippen LogP contribution in [0.2, 0.25) is 0 Å². The highest BCUT2D eigenvalue weighted by Gasteiger charge is 2.21. The van der Waals surface area contributed by atoms with E-state index in [2.05, 4.69) is 15.5 Å². The summed E-state index contributed by atoms with van der Waals surface area (Å²) < 4.78 is 5.72. The van der Waals surface area contributed by atoms with E-state index in [1.807, 2.05) is 17.5 Å². The fourth-order valence-corrected chi connectivity index (χ4v) is 2.61. The largest absolute Gasteiger partial charge is 0.420 e. The second-order valence-corrected chi connectivity index (χ2v) is 4.91. The van der Waals surface area contributed by atoms with E-state index in [0.717, 1.165) is 30.3 Å². The third-order valence-corrected chi connectivity index (χ3v) is 3.68. The van der Waals surface area contributed by atoms with Crippen LogP contribution in [0.3, 0.4) is 0 Å². The van der Waals surface area contributed by atoms with Crippen LogP contribution in [0.5, 0.6) is 0 Å². The van der Waals surface area contributed by atoms with Gasteiger partial charge < -0.3 is 9.73 Å². The van der Waals surface area contributed by atoms with Crippen molar-refractivity contribution in [1.82, 2.24) is 15.5 Å². The van der Waals surface area contributed by atoms with Gasteiger partial charge in [0.25, 0.3) is 5.89 Å². The van der Waals surface area contributed by atoms with Gasteiger partial charge >= 0.3 is 0 Å². The summed E-state index contributed by atoms with van der Waals surface area (Å²) in [5.74, 6) is 1.81. The van der Waals surface area contributed by atoms with Gasteiger partial charge in [-0.1, -0.05) is 6.07 Å². The molecule has 1 fully saturated rings. The minimum absolute atomic E-state index is 0.384. The summed E-state index contributed by atoms with van der Waals surface area (Å²) in [6.45, 7) is 2.05. The smallest absolute Gasteiger partial charge is 0.257 e. The molecule has 0 spiro atoms. The molecule has 16 heavy (non-hydrogen) atoms. The first-order valence-electron chi connectivity index (χ1n) is 5.51. The first-order valence-corrected chi connectivity index (χ1v) is 6.39. The second kappa shape index (κ2) is 4.35. The normalized spacial score (nSPS) is 21.1. The van der Waals surface area contributed by atoms with Gasteiger partial charge in [0.05, 0.1) is 4.88 Å². The van der Waals surface area contributed by atoms with Crippen molar-refractivity contribution in [3.05, 3.63) is 23.4 Å². The minimum Gasteiger partial charge on any atom is -0.420 e. The van der Waals surface area contributed by atoms with Crippen molar-refractivity contribution in [2.45, 2.75) is 18.8 Å². The Bertz CT molecular complexity index is 446. The molecule has 2 aromatic heterocycles. The number of aromatic nitrogens is 2. The molecule has 84 valence electrons. The van der Waals surface area contributed by atoms with Crippen LogP contribution >= 0.6 is 11.3 Å². The predicted octanol–water partition coefficient (Wildman–Crippen LogP) is 2.27. The molecule has 1 N–H and O–H groups in total. The summed E-state index contributed by atoms with van der Waals surface area (Å²) in [4.78, 5) is 1.04. The Labute approximate surface area is 97.7 Å². The summed E-state index contributed by atoms with van der Waals surface area (Å²) in [5.41, 5.74) is 0. The van der Waals surface area contributed by atoms with Crippen LogP contribution in [0.25, 0.3) is 10.8 Å². The van der Waals surface area contributed by atoms with E-state index in [-0.39, 0.29) is 0 Å². The molecule has 0 radical (unpaired) electrons. The highest BCUT2D eigenvalue weighted by atomic mass is 32.1. The van der Waals surface area contributed by atoms with Gasteiger partial charge in [0, 0.05) is 12.5 Å². The van der Waals surface area contributed by atoms with Gasteiger partial charge in [0.2, 0.25) is 5.89 Å². The van der Waals surface area contributed by atoms with Crippen molar-refractivity contribution in [1.29, 1.82) is 0 Å². The topological polar surface area (TPSA) is 51.0 Å². The lowest BCUT2D eigenvalue weighted by atomic mass is 10.00. The molecule has 0 aliphatic carbocycles. The van der Waals surface area contributed by atoms with Crippen molar-refractivity contribution in [3.8, 4) is 10.8 Å². The summed E-state index contributed by atoms with van der Waals surface area (Å²) >= 11 is 1.62. The van der Waals surface area contributed by atoms with Crippen molar-refractivity contribution in [2.24, 2.45) is 0 Å². The summed E-state index contributed by atoms with van der Waals surface area (Å²) in [6, 6.07) is 3.99. The standard InChI is InChI=1S/C11H13N3OS/c1-3-8(7-12-5-1)10-13-14-11(15-10)9-4-2-6-16-9/h2,4,6,8,12H,1,3,5,7H2. The fourth-order valence-electron chi connectivity index (χ4n) is 1.96. The second-order valence-electron chi connectivity index (χ2n) is 3.97. The van der Waals surface area contributed by atoms with Gasteiger partial charge in [-0.3, -0.25) is 0 Å². The van der Waals surface area contributed by atoms with Gasteiger partial charge in [0.1, 0.15) is 0 Å². The van der Waals surface area contributed by atoms with Gasteiger partial charge in [-0.2, -0.15) is 0 Å². The molecule has 4 nitrogen and oxygen atoms in total. The zero-order chi connectivity index (χ0) is 10.8.